The van der Waals surface area contributed by atoms with E-state index >= 15 is 0 Å². The number of likely N-dealkylation sites (tertiary alicyclic amines) is 1. The number of nitrogens with zero attached hydrogens (tertiary/aromatic N) is 2. The van der Waals surface area contributed by atoms with Crippen molar-refractivity contribution in [3.8, 4) is 0 Å². The van der Waals surface area contributed by atoms with Crippen molar-refractivity contribution < 1.29 is 4.79 Å². The monoisotopic (exact) mass is 295 g/mol. The van der Waals surface area contributed by atoms with Crippen molar-refractivity contribution in [3.05, 3.63) is 0 Å². The first-order valence-corrected chi connectivity index (χ1v) is 8.83. The van der Waals surface area contributed by atoms with Gasteiger partial charge in [-0.15, -0.1) is 0 Å². The van der Waals surface area contributed by atoms with Crippen LogP contribution in [0.4, 0.5) is 0 Å². The van der Waals surface area contributed by atoms with E-state index < -0.39 is 0 Å². The number of hydrogen-bond donors (Lipinski definition) is 1. The molecule has 1 heterocycles. The van der Waals surface area contributed by atoms with Gasteiger partial charge in [0.15, 0.2) is 0 Å². The van der Waals surface area contributed by atoms with Gasteiger partial charge in [0.05, 0.1) is 6.54 Å². The Hall–Kier alpha value is -0.610. The molecule has 0 atom stereocenters. The number of carbonyl (C=O) groups excluding carboxylic acids is 1. The molecule has 0 bridgehead atoms. The van der Waals surface area contributed by atoms with E-state index in [1.807, 2.05) is 19.0 Å². The molecule has 2 fully saturated rings. The molecular weight excluding hydrogens is 262 g/mol. The first kappa shape index (κ1) is 16.8. The largest absolute Gasteiger partial charge is 0.342 e. The molecule has 2 rings (SSSR count). The highest BCUT2D eigenvalue weighted by Gasteiger charge is 2.25. The molecule has 0 radical (unpaired) electrons. The van der Waals surface area contributed by atoms with Gasteiger partial charge in [-0.2, -0.15) is 0 Å². The van der Waals surface area contributed by atoms with Crippen molar-refractivity contribution in [1.29, 1.82) is 0 Å². The van der Waals surface area contributed by atoms with Crippen molar-refractivity contribution in [3.63, 3.8) is 0 Å². The third kappa shape index (κ3) is 5.26. The van der Waals surface area contributed by atoms with Crippen molar-refractivity contribution in [2.45, 2.75) is 57.4 Å². The Kier molecular flexibility index (Phi) is 6.97. The Morgan fingerprint density at radius 1 is 1.14 bits per heavy atom. The van der Waals surface area contributed by atoms with Crippen molar-refractivity contribution >= 4 is 5.91 Å². The van der Waals surface area contributed by atoms with E-state index in [1.165, 1.54) is 51.4 Å². The highest BCUT2D eigenvalue weighted by atomic mass is 16.2. The van der Waals surface area contributed by atoms with Crippen molar-refractivity contribution in [2.75, 3.05) is 40.3 Å². The Morgan fingerprint density at radius 2 is 1.81 bits per heavy atom. The minimum Gasteiger partial charge on any atom is -0.342 e. The average Bonchev–Trinajstić information content (AvgIpc) is 2.54. The molecule has 4 heteroatoms. The molecule has 0 aromatic rings. The van der Waals surface area contributed by atoms with Gasteiger partial charge in [0.2, 0.25) is 5.91 Å². The van der Waals surface area contributed by atoms with Crippen LogP contribution in [0.5, 0.6) is 0 Å². The fourth-order valence-electron chi connectivity index (χ4n) is 3.76. The summed E-state index contributed by atoms with van der Waals surface area (Å²) in [6.07, 6.45) is 10.1. The molecule has 0 spiro atoms. The Balaban J connectivity index is 1.68. The summed E-state index contributed by atoms with van der Waals surface area (Å²) in [5.74, 6) is 1.18. The third-order valence-corrected chi connectivity index (χ3v) is 5.38. The molecule has 0 aromatic carbocycles. The summed E-state index contributed by atoms with van der Waals surface area (Å²) in [5.41, 5.74) is 0. The van der Waals surface area contributed by atoms with Crippen LogP contribution in [0.1, 0.15) is 51.4 Å². The molecule has 0 unspecified atom stereocenters. The van der Waals surface area contributed by atoms with Gasteiger partial charge in [0.25, 0.3) is 0 Å². The van der Waals surface area contributed by atoms with Crippen LogP contribution in [0.3, 0.4) is 0 Å². The molecule has 2 aliphatic rings. The molecule has 21 heavy (non-hydrogen) atoms. The summed E-state index contributed by atoms with van der Waals surface area (Å²) < 4.78 is 0. The van der Waals surface area contributed by atoms with Crippen LogP contribution in [0, 0.1) is 5.92 Å². The summed E-state index contributed by atoms with van der Waals surface area (Å²) in [5, 5.41) is 3.24. The number of piperidine rings is 1. The van der Waals surface area contributed by atoms with Gasteiger partial charge in [0.1, 0.15) is 0 Å². The SMILES string of the molecule is CNCCC1CCN(CC(=O)N(C)C2CCCCC2)CC1. The molecule has 1 aliphatic heterocycles. The van der Waals surface area contributed by atoms with Gasteiger partial charge >= 0.3 is 0 Å². The molecule has 1 saturated carbocycles. The fourth-order valence-corrected chi connectivity index (χ4v) is 3.76. The summed E-state index contributed by atoms with van der Waals surface area (Å²) in [6, 6.07) is 0.499. The smallest absolute Gasteiger partial charge is 0.236 e. The van der Waals surface area contributed by atoms with Gasteiger partial charge in [-0.05, 0) is 64.7 Å². The van der Waals surface area contributed by atoms with E-state index in [-0.39, 0.29) is 0 Å². The minimum absolute atomic E-state index is 0.329. The normalized spacial score (nSPS) is 22.4. The van der Waals surface area contributed by atoms with Crippen LogP contribution in [0.2, 0.25) is 0 Å². The van der Waals surface area contributed by atoms with Gasteiger partial charge in [-0.1, -0.05) is 19.3 Å². The standard InChI is InChI=1S/C17H33N3O/c1-18-11-8-15-9-12-20(13-10-15)14-17(21)19(2)16-6-4-3-5-7-16/h15-16,18H,3-14H2,1-2H3. The number of likely N-dealkylation sites (N-methyl/N-ethyl adjacent to an activating group) is 1. The lowest BCUT2D eigenvalue weighted by Gasteiger charge is -2.35. The number of amides is 1. The second-order valence-electron chi connectivity index (χ2n) is 6.91. The van der Waals surface area contributed by atoms with Crippen LogP contribution in [0.15, 0.2) is 0 Å². The molecule has 1 saturated heterocycles. The van der Waals surface area contributed by atoms with Crippen LogP contribution in [-0.4, -0.2) is 62.0 Å². The Labute approximate surface area is 130 Å². The topological polar surface area (TPSA) is 35.6 Å². The minimum atomic E-state index is 0.329. The number of hydrogen-bond acceptors (Lipinski definition) is 3. The van der Waals surface area contributed by atoms with Crippen LogP contribution in [-0.2, 0) is 4.79 Å². The van der Waals surface area contributed by atoms with E-state index in [0.29, 0.717) is 18.5 Å². The van der Waals surface area contributed by atoms with Crippen LogP contribution < -0.4 is 5.32 Å². The van der Waals surface area contributed by atoms with Crippen molar-refractivity contribution in [2.24, 2.45) is 5.92 Å². The molecule has 1 N–H and O–H groups in total. The maximum atomic E-state index is 12.4. The summed E-state index contributed by atoms with van der Waals surface area (Å²) >= 11 is 0. The number of nitrogens with one attached hydrogen (secondary N) is 1. The predicted molar refractivity (Wildman–Crippen MR) is 87.4 cm³/mol. The lowest BCUT2D eigenvalue weighted by Crippen LogP contribution is -2.46. The summed E-state index contributed by atoms with van der Waals surface area (Å²) in [4.78, 5) is 16.8. The second-order valence-corrected chi connectivity index (χ2v) is 6.91. The van der Waals surface area contributed by atoms with Crippen LogP contribution in [0.25, 0.3) is 0 Å². The predicted octanol–water partition coefficient (Wildman–Crippen LogP) is 2.10. The zero-order valence-corrected chi connectivity index (χ0v) is 13.9. The van der Waals surface area contributed by atoms with Gasteiger partial charge < -0.3 is 10.2 Å². The summed E-state index contributed by atoms with van der Waals surface area (Å²) in [6.45, 7) is 3.94. The number of rotatable bonds is 6. The Bertz CT molecular complexity index is 307. The van der Waals surface area contributed by atoms with E-state index in [1.54, 1.807) is 0 Å². The van der Waals surface area contributed by atoms with Gasteiger partial charge in [0, 0.05) is 13.1 Å². The van der Waals surface area contributed by atoms with E-state index in [2.05, 4.69) is 10.2 Å². The highest BCUT2D eigenvalue weighted by molar-refractivity contribution is 5.78. The Morgan fingerprint density at radius 3 is 2.43 bits per heavy atom. The highest BCUT2D eigenvalue weighted by Crippen LogP contribution is 2.23. The average molecular weight is 295 g/mol. The van der Waals surface area contributed by atoms with Crippen LogP contribution >= 0.6 is 0 Å². The molecule has 122 valence electrons. The molecule has 1 aliphatic carbocycles. The van der Waals surface area contributed by atoms with Gasteiger partial charge in [-0.3, -0.25) is 9.69 Å². The van der Waals surface area contributed by atoms with E-state index in [0.717, 1.165) is 25.6 Å². The zero-order valence-electron chi connectivity index (χ0n) is 13.9. The molecule has 0 aromatic heterocycles. The first-order valence-electron chi connectivity index (χ1n) is 8.83. The first-order chi connectivity index (χ1) is 10.2. The van der Waals surface area contributed by atoms with E-state index in [4.69, 9.17) is 0 Å². The number of carbonyl (C=O) groups is 1. The zero-order chi connectivity index (χ0) is 15.1. The molecule has 1 amide bonds. The molecular formula is C17H33N3O. The maximum absolute atomic E-state index is 12.4. The van der Waals surface area contributed by atoms with Gasteiger partial charge in [-0.25, -0.2) is 0 Å². The quantitative estimate of drug-likeness (QED) is 0.815. The maximum Gasteiger partial charge on any atom is 0.236 e. The lowest BCUT2D eigenvalue weighted by atomic mass is 9.93. The lowest BCUT2D eigenvalue weighted by molar-refractivity contribution is -0.134. The van der Waals surface area contributed by atoms with Crippen molar-refractivity contribution in [1.82, 2.24) is 15.1 Å². The fraction of sp³-hybridized carbons (Fsp3) is 0.941. The summed E-state index contributed by atoms with van der Waals surface area (Å²) in [7, 11) is 4.03. The third-order valence-electron chi connectivity index (χ3n) is 5.38. The molecule has 4 nitrogen and oxygen atoms in total. The van der Waals surface area contributed by atoms with E-state index in [9.17, 15) is 4.79 Å². The second kappa shape index (κ2) is 8.74.